The summed E-state index contributed by atoms with van der Waals surface area (Å²) in [7, 11) is 1.48. The Morgan fingerprint density at radius 2 is 2.16 bits per heavy atom. The molecular weight excluding hydrogens is 271 g/mol. The molecule has 19 heavy (non-hydrogen) atoms. The molecule has 1 rings (SSSR count). The van der Waals surface area contributed by atoms with E-state index in [0.717, 1.165) is 0 Å². The van der Waals surface area contributed by atoms with Gasteiger partial charge < -0.3 is 15.8 Å². The Morgan fingerprint density at radius 1 is 1.53 bits per heavy atom. The molecule has 4 nitrogen and oxygen atoms in total. The number of ether oxygens (including phenoxy) is 1. The van der Waals surface area contributed by atoms with Crippen molar-refractivity contribution in [2.75, 3.05) is 13.7 Å². The molecule has 0 saturated heterocycles. The first-order valence-corrected chi connectivity index (χ1v) is 5.76. The number of benzene rings is 1. The second kappa shape index (κ2) is 8.09. The Kier molecular flexibility index (Phi) is 7.59. The van der Waals surface area contributed by atoms with E-state index in [9.17, 15) is 9.18 Å². The summed E-state index contributed by atoms with van der Waals surface area (Å²) >= 11 is 0. The van der Waals surface area contributed by atoms with Gasteiger partial charge in [-0.15, -0.1) is 12.4 Å². The highest BCUT2D eigenvalue weighted by Crippen LogP contribution is 2.16. The van der Waals surface area contributed by atoms with E-state index in [4.69, 9.17) is 10.5 Å². The van der Waals surface area contributed by atoms with Crippen molar-refractivity contribution in [3.8, 4) is 0 Å². The zero-order valence-electron chi connectivity index (χ0n) is 11.3. The number of carbonyl (C=O) groups is 1. The molecule has 0 heterocycles. The van der Waals surface area contributed by atoms with E-state index in [1.54, 1.807) is 26.0 Å². The summed E-state index contributed by atoms with van der Waals surface area (Å²) in [6.07, 6.45) is 0. The number of halogens is 2. The van der Waals surface area contributed by atoms with E-state index >= 15 is 0 Å². The predicted octanol–water partition coefficient (Wildman–Crippen LogP) is 1.71. The van der Waals surface area contributed by atoms with Gasteiger partial charge in [-0.3, -0.25) is 4.79 Å². The van der Waals surface area contributed by atoms with Crippen molar-refractivity contribution in [3.05, 3.63) is 35.1 Å². The molecule has 6 heteroatoms. The van der Waals surface area contributed by atoms with Crippen LogP contribution >= 0.6 is 12.4 Å². The molecule has 1 aromatic rings. The summed E-state index contributed by atoms with van der Waals surface area (Å²) in [5.41, 5.74) is 6.88. The van der Waals surface area contributed by atoms with Gasteiger partial charge in [0.05, 0.1) is 12.6 Å². The van der Waals surface area contributed by atoms with Crippen molar-refractivity contribution in [2.45, 2.75) is 25.9 Å². The maximum atomic E-state index is 13.4. The fraction of sp³-hybridized carbons (Fsp3) is 0.462. The summed E-state index contributed by atoms with van der Waals surface area (Å²) in [6, 6.07) is 3.87. The summed E-state index contributed by atoms with van der Waals surface area (Å²) in [4.78, 5) is 11.7. The van der Waals surface area contributed by atoms with E-state index in [-0.39, 0.29) is 36.8 Å². The molecule has 0 bridgehead atoms. The van der Waals surface area contributed by atoms with Gasteiger partial charge in [-0.1, -0.05) is 12.1 Å². The van der Waals surface area contributed by atoms with E-state index < -0.39 is 6.04 Å². The van der Waals surface area contributed by atoms with Crippen LogP contribution in [0.15, 0.2) is 18.2 Å². The molecule has 2 atom stereocenters. The monoisotopic (exact) mass is 290 g/mol. The van der Waals surface area contributed by atoms with Gasteiger partial charge in [0.1, 0.15) is 11.9 Å². The Bertz CT molecular complexity index is 429. The highest BCUT2D eigenvalue weighted by atomic mass is 35.5. The largest absolute Gasteiger partial charge is 0.383 e. The van der Waals surface area contributed by atoms with Gasteiger partial charge in [0, 0.05) is 7.11 Å². The molecular formula is C13H20ClFN2O2. The molecule has 0 aromatic heterocycles. The van der Waals surface area contributed by atoms with E-state index in [1.165, 1.54) is 13.2 Å². The second-order valence-corrected chi connectivity index (χ2v) is 4.30. The Hall–Kier alpha value is -1.17. The molecule has 1 aromatic carbocycles. The molecule has 3 N–H and O–H groups in total. The predicted molar refractivity (Wildman–Crippen MR) is 74.8 cm³/mol. The van der Waals surface area contributed by atoms with Crippen LogP contribution < -0.4 is 11.1 Å². The number of rotatable bonds is 5. The lowest BCUT2D eigenvalue weighted by Gasteiger charge is -2.17. The van der Waals surface area contributed by atoms with Gasteiger partial charge in [-0.25, -0.2) is 4.39 Å². The summed E-state index contributed by atoms with van der Waals surface area (Å²) < 4.78 is 18.2. The lowest BCUT2D eigenvalue weighted by molar-refractivity contribution is -0.124. The van der Waals surface area contributed by atoms with Gasteiger partial charge in [-0.05, 0) is 31.0 Å². The number of hydrogen-bond donors (Lipinski definition) is 2. The summed E-state index contributed by atoms with van der Waals surface area (Å²) in [5.74, 6) is -0.597. The van der Waals surface area contributed by atoms with Crippen molar-refractivity contribution >= 4 is 18.3 Å². The lowest BCUT2D eigenvalue weighted by atomic mass is 10.1. The molecule has 0 spiro atoms. The minimum atomic E-state index is -0.715. The zero-order valence-corrected chi connectivity index (χ0v) is 12.1. The second-order valence-electron chi connectivity index (χ2n) is 4.30. The standard InChI is InChI=1S/C13H19FN2O2.ClH/c1-8-4-5-10(6-11(8)14)9(2)16-13(17)12(15)7-18-3;/h4-6,9,12H,7,15H2,1-3H3,(H,16,17);1H. The third kappa shape index (κ3) is 5.14. The number of hydrogen-bond acceptors (Lipinski definition) is 3. The van der Waals surface area contributed by atoms with E-state index in [2.05, 4.69) is 5.32 Å². The quantitative estimate of drug-likeness (QED) is 0.868. The van der Waals surface area contributed by atoms with Crippen LogP contribution in [0.5, 0.6) is 0 Å². The molecule has 0 aliphatic carbocycles. The average Bonchev–Trinajstić information content (AvgIpc) is 2.32. The van der Waals surface area contributed by atoms with Crippen molar-refractivity contribution in [3.63, 3.8) is 0 Å². The highest BCUT2D eigenvalue weighted by Gasteiger charge is 2.16. The first-order chi connectivity index (χ1) is 8.45. The van der Waals surface area contributed by atoms with Crippen LogP contribution in [0.25, 0.3) is 0 Å². The highest BCUT2D eigenvalue weighted by molar-refractivity contribution is 5.85. The Balaban J connectivity index is 0.00000324. The fourth-order valence-corrected chi connectivity index (χ4v) is 1.54. The molecule has 1 amide bonds. The molecule has 0 aliphatic rings. The smallest absolute Gasteiger partial charge is 0.239 e. The average molecular weight is 291 g/mol. The third-order valence-corrected chi connectivity index (χ3v) is 2.74. The Labute approximate surface area is 118 Å². The van der Waals surface area contributed by atoms with Crippen molar-refractivity contribution in [1.82, 2.24) is 5.32 Å². The lowest BCUT2D eigenvalue weighted by Crippen LogP contribution is -2.44. The summed E-state index contributed by atoms with van der Waals surface area (Å²) in [5, 5.41) is 2.72. The van der Waals surface area contributed by atoms with Crippen LogP contribution in [0.1, 0.15) is 24.1 Å². The maximum absolute atomic E-state index is 13.4. The van der Waals surface area contributed by atoms with Gasteiger partial charge in [0.15, 0.2) is 0 Å². The van der Waals surface area contributed by atoms with Crippen molar-refractivity contribution in [2.24, 2.45) is 5.73 Å². The number of aryl methyl sites for hydroxylation is 1. The minimum Gasteiger partial charge on any atom is -0.383 e. The van der Waals surface area contributed by atoms with Gasteiger partial charge in [-0.2, -0.15) is 0 Å². The minimum absolute atomic E-state index is 0. The maximum Gasteiger partial charge on any atom is 0.239 e. The molecule has 0 saturated carbocycles. The van der Waals surface area contributed by atoms with Crippen molar-refractivity contribution in [1.29, 1.82) is 0 Å². The first kappa shape index (κ1) is 17.8. The normalized spacial score (nSPS) is 13.3. The van der Waals surface area contributed by atoms with Crippen LogP contribution in [-0.2, 0) is 9.53 Å². The third-order valence-electron chi connectivity index (χ3n) is 2.74. The summed E-state index contributed by atoms with van der Waals surface area (Å²) in [6.45, 7) is 3.62. The van der Waals surface area contributed by atoms with Crippen LogP contribution in [0.2, 0.25) is 0 Å². The van der Waals surface area contributed by atoms with Crippen LogP contribution in [0, 0.1) is 12.7 Å². The number of carbonyl (C=O) groups excluding carboxylic acids is 1. The van der Waals surface area contributed by atoms with Crippen molar-refractivity contribution < 1.29 is 13.9 Å². The molecule has 0 fully saturated rings. The van der Waals surface area contributed by atoms with Crippen LogP contribution in [0.4, 0.5) is 4.39 Å². The first-order valence-electron chi connectivity index (χ1n) is 5.76. The van der Waals surface area contributed by atoms with Gasteiger partial charge in [0.2, 0.25) is 5.91 Å². The molecule has 0 radical (unpaired) electrons. The SMILES string of the molecule is COCC(N)C(=O)NC(C)c1ccc(C)c(F)c1.Cl. The van der Waals surface area contributed by atoms with Crippen LogP contribution in [0.3, 0.4) is 0 Å². The number of nitrogens with two attached hydrogens (primary N) is 1. The topological polar surface area (TPSA) is 64.3 Å². The number of nitrogens with one attached hydrogen (secondary N) is 1. The molecule has 0 aliphatic heterocycles. The van der Waals surface area contributed by atoms with E-state index in [0.29, 0.717) is 11.1 Å². The Morgan fingerprint density at radius 3 is 2.68 bits per heavy atom. The molecule has 2 unspecified atom stereocenters. The number of amides is 1. The zero-order chi connectivity index (χ0) is 13.7. The van der Waals surface area contributed by atoms with E-state index in [1.807, 2.05) is 0 Å². The van der Waals surface area contributed by atoms with Crippen LogP contribution in [-0.4, -0.2) is 25.7 Å². The number of methoxy groups -OCH3 is 1. The van der Waals surface area contributed by atoms with Gasteiger partial charge >= 0.3 is 0 Å². The van der Waals surface area contributed by atoms with Gasteiger partial charge in [0.25, 0.3) is 0 Å². The molecule has 108 valence electrons. The fourth-order valence-electron chi connectivity index (χ4n) is 1.54.